The lowest BCUT2D eigenvalue weighted by atomic mass is 10.1. The van der Waals surface area contributed by atoms with Crippen molar-refractivity contribution in [3.05, 3.63) is 52.7 Å². The number of thiophene rings is 1. The summed E-state index contributed by atoms with van der Waals surface area (Å²) in [4.78, 5) is 27.9. The molecule has 0 radical (unpaired) electrons. The van der Waals surface area contributed by atoms with Gasteiger partial charge in [0.15, 0.2) is 0 Å². The van der Waals surface area contributed by atoms with E-state index in [1.807, 2.05) is 17.9 Å². The van der Waals surface area contributed by atoms with Gasteiger partial charge in [-0.15, -0.1) is 11.3 Å². The summed E-state index contributed by atoms with van der Waals surface area (Å²) in [6, 6.07) is 10.9. The molecule has 0 aliphatic carbocycles. The lowest BCUT2D eigenvalue weighted by Gasteiger charge is -2.20. The summed E-state index contributed by atoms with van der Waals surface area (Å²) >= 11 is 1.48. The lowest BCUT2D eigenvalue weighted by Crippen LogP contribution is -2.34. The molecule has 3 aromatic rings. The molecule has 1 aromatic carbocycles. The van der Waals surface area contributed by atoms with Crippen LogP contribution in [0.3, 0.4) is 0 Å². The monoisotopic (exact) mass is 423 g/mol. The zero-order valence-electron chi connectivity index (χ0n) is 17.9. The highest BCUT2D eigenvalue weighted by atomic mass is 32.1. The molecule has 158 valence electrons. The van der Waals surface area contributed by atoms with Crippen molar-refractivity contribution in [2.45, 2.75) is 32.2 Å². The largest absolute Gasteiger partial charge is 0.369 e. The Hall–Kier alpha value is -2.51. The molecule has 1 unspecified atom stereocenters. The second-order valence-corrected chi connectivity index (χ2v) is 9.13. The molecule has 1 aliphatic rings. The zero-order valence-corrected chi connectivity index (χ0v) is 18.7. The van der Waals surface area contributed by atoms with Gasteiger partial charge >= 0.3 is 0 Å². The molecule has 30 heavy (non-hydrogen) atoms. The molecule has 1 N–H and O–H groups in total. The topological polar surface area (TPSA) is 61.4 Å². The molecule has 0 spiro atoms. The van der Waals surface area contributed by atoms with Gasteiger partial charge in [0.25, 0.3) is 5.91 Å². The molecule has 1 amide bonds. The van der Waals surface area contributed by atoms with E-state index < -0.39 is 0 Å². The van der Waals surface area contributed by atoms with Gasteiger partial charge in [-0.2, -0.15) is 0 Å². The van der Waals surface area contributed by atoms with Gasteiger partial charge in [0, 0.05) is 25.7 Å². The van der Waals surface area contributed by atoms with Crippen molar-refractivity contribution in [1.82, 2.24) is 19.8 Å². The number of carbonyl (C=O) groups is 1. The van der Waals surface area contributed by atoms with Crippen molar-refractivity contribution in [2.75, 3.05) is 39.0 Å². The van der Waals surface area contributed by atoms with E-state index in [-0.39, 0.29) is 5.91 Å². The van der Waals surface area contributed by atoms with Crippen LogP contribution >= 0.6 is 11.3 Å². The molecule has 0 saturated carbocycles. The summed E-state index contributed by atoms with van der Waals surface area (Å²) in [7, 11) is 4.16. The van der Waals surface area contributed by atoms with Crippen molar-refractivity contribution in [2.24, 2.45) is 0 Å². The number of aromatic nitrogens is 2. The Morgan fingerprint density at radius 2 is 2.07 bits per heavy atom. The van der Waals surface area contributed by atoms with Crippen LogP contribution in [0.15, 0.2) is 36.7 Å². The number of amides is 1. The van der Waals surface area contributed by atoms with Crippen LogP contribution in [0.25, 0.3) is 10.2 Å². The van der Waals surface area contributed by atoms with Gasteiger partial charge in [-0.05, 0) is 51.4 Å². The van der Waals surface area contributed by atoms with Crippen LogP contribution in [0.5, 0.6) is 0 Å². The quantitative estimate of drug-likeness (QED) is 0.586. The fourth-order valence-corrected chi connectivity index (χ4v) is 5.16. The summed E-state index contributed by atoms with van der Waals surface area (Å²) in [5.74, 6) is 0.948. The summed E-state index contributed by atoms with van der Waals surface area (Å²) in [6.07, 6.45) is 4.65. The van der Waals surface area contributed by atoms with Gasteiger partial charge in [0.05, 0.1) is 10.3 Å². The number of carbonyl (C=O) groups excluding carboxylic acids is 1. The Morgan fingerprint density at radius 3 is 2.80 bits per heavy atom. The van der Waals surface area contributed by atoms with E-state index in [9.17, 15) is 4.79 Å². The minimum atomic E-state index is 0.120. The number of fused-ring (bicyclic) bond motifs is 1. The molecule has 1 fully saturated rings. The maximum absolute atomic E-state index is 13.2. The van der Waals surface area contributed by atoms with Gasteiger partial charge in [-0.3, -0.25) is 4.79 Å². The standard InChI is InChI=1S/C23H29N5OS/c1-16-19-21(24-12-7-10-17-8-5-4-6-9-17)25-15-26-22(19)30-20(16)23(29)28-13-11-18(14-28)27(2)3/h4-6,8-9,15,18H,7,10-14H2,1-3H3,(H,24,25,26). The van der Waals surface area contributed by atoms with Crippen LogP contribution in [0.4, 0.5) is 5.82 Å². The molecule has 1 saturated heterocycles. The van der Waals surface area contributed by atoms with E-state index in [2.05, 4.69) is 58.5 Å². The average molecular weight is 424 g/mol. The maximum atomic E-state index is 13.2. The molecule has 2 aromatic heterocycles. The van der Waals surface area contributed by atoms with Crippen LogP contribution in [0.1, 0.15) is 33.6 Å². The minimum absolute atomic E-state index is 0.120. The highest BCUT2D eigenvalue weighted by molar-refractivity contribution is 7.20. The van der Waals surface area contributed by atoms with Crippen LogP contribution in [-0.2, 0) is 6.42 Å². The van der Waals surface area contributed by atoms with Crippen LogP contribution in [-0.4, -0.2) is 65.4 Å². The van der Waals surface area contributed by atoms with Crippen molar-refractivity contribution in [3.63, 3.8) is 0 Å². The van der Waals surface area contributed by atoms with Gasteiger partial charge in [0.1, 0.15) is 17.0 Å². The molecule has 3 heterocycles. The number of aryl methyl sites for hydroxylation is 2. The number of rotatable bonds is 7. The van der Waals surface area contributed by atoms with Gasteiger partial charge < -0.3 is 15.1 Å². The zero-order chi connectivity index (χ0) is 21.1. The van der Waals surface area contributed by atoms with Gasteiger partial charge in [-0.25, -0.2) is 9.97 Å². The van der Waals surface area contributed by atoms with Crippen molar-refractivity contribution >= 4 is 33.3 Å². The van der Waals surface area contributed by atoms with E-state index in [4.69, 9.17) is 0 Å². The summed E-state index contributed by atoms with van der Waals surface area (Å²) in [5.41, 5.74) is 2.33. The van der Waals surface area contributed by atoms with Gasteiger partial charge in [-0.1, -0.05) is 30.3 Å². The molecule has 0 bridgehead atoms. The average Bonchev–Trinajstić information content (AvgIpc) is 3.37. The van der Waals surface area contributed by atoms with E-state index in [0.717, 1.165) is 65.4 Å². The van der Waals surface area contributed by atoms with Gasteiger partial charge in [0.2, 0.25) is 0 Å². The molecule has 7 heteroatoms. The fourth-order valence-electron chi connectivity index (χ4n) is 4.05. The third-order valence-electron chi connectivity index (χ3n) is 5.88. The number of likely N-dealkylation sites (N-methyl/N-ethyl adjacent to an activating group) is 1. The molecular formula is C23H29N5OS. The minimum Gasteiger partial charge on any atom is -0.369 e. The predicted molar refractivity (Wildman–Crippen MR) is 123 cm³/mol. The highest BCUT2D eigenvalue weighted by Crippen LogP contribution is 2.34. The molecule has 6 nitrogen and oxygen atoms in total. The van der Waals surface area contributed by atoms with E-state index >= 15 is 0 Å². The SMILES string of the molecule is Cc1c(C(=O)N2CCC(N(C)C)C2)sc2ncnc(NCCCc3ccccc3)c12. The molecule has 1 atom stereocenters. The number of anilines is 1. The summed E-state index contributed by atoms with van der Waals surface area (Å²) in [5, 5.41) is 4.45. The Bertz CT molecular complexity index is 1020. The third kappa shape index (κ3) is 4.32. The Labute approximate surface area is 181 Å². The molecule has 1 aliphatic heterocycles. The van der Waals surface area contributed by atoms with Crippen molar-refractivity contribution < 1.29 is 4.79 Å². The normalized spacial score (nSPS) is 16.5. The Balaban J connectivity index is 1.47. The lowest BCUT2D eigenvalue weighted by molar-refractivity contribution is 0.0787. The number of hydrogen-bond donors (Lipinski definition) is 1. The second kappa shape index (κ2) is 9.10. The Morgan fingerprint density at radius 1 is 1.27 bits per heavy atom. The predicted octanol–water partition coefficient (Wildman–Crippen LogP) is 3.82. The van der Waals surface area contributed by atoms with Crippen molar-refractivity contribution in [1.29, 1.82) is 0 Å². The number of benzene rings is 1. The van der Waals surface area contributed by atoms with E-state index in [1.165, 1.54) is 16.9 Å². The smallest absolute Gasteiger partial charge is 0.264 e. The Kier molecular flexibility index (Phi) is 6.29. The van der Waals surface area contributed by atoms with Crippen LogP contribution in [0, 0.1) is 6.92 Å². The number of nitrogens with zero attached hydrogens (tertiary/aromatic N) is 4. The van der Waals surface area contributed by atoms with Crippen molar-refractivity contribution in [3.8, 4) is 0 Å². The first-order chi connectivity index (χ1) is 14.5. The summed E-state index contributed by atoms with van der Waals surface area (Å²) in [6.45, 7) is 4.45. The number of nitrogens with one attached hydrogen (secondary N) is 1. The highest BCUT2D eigenvalue weighted by Gasteiger charge is 2.30. The van der Waals surface area contributed by atoms with E-state index in [0.29, 0.717) is 6.04 Å². The second-order valence-electron chi connectivity index (χ2n) is 8.13. The van der Waals surface area contributed by atoms with E-state index in [1.54, 1.807) is 6.33 Å². The first-order valence-electron chi connectivity index (χ1n) is 10.5. The maximum Gasteiger partial charge on any atom is 0.264 e. The third-order valence-corrected chi connectivity index (χ3v) is 7.07. The van der Waals surface area contributed by atoms with Crippen LogP contribution in [0.2, 0.25) is 0 Å². The first kappa shape index (κ1) is 20.8. The first-order valence-corrected chi connectivity index (χ1v) is 11.3. The fraction of sp³-hybridized carbons (Fsp3) is 0.435. The molecule has 4 rings (SSSR count). The summed E-state index contributed by atoms with van der Waals surface area (Å²) < 4.78 is 0. The van der Waals surface area contributed by atoms with Crippen LogP contribution < -0.4 is 5.32 Å². The number of likely N-dealkylation sites (tertiary alicyclic amines) is 1. The molecular weight excluding hydrogens is 394 g/mol. The number of hydrogen-bond acceptors (Lipinski definition) is 6.